The number of aryl methyl sites for hydroxylation is 1. The summed E-state index contributed by atoms with van der Waals surface area (Å²) in [4.78, 5) is 28.3. The molecule has 2 aromatic rings. The van der Waals surface area contributed by atoms with Crippen LogP contribution in [0.15, 0.2) is 47.4 Å². The number of carbonyl (C=O) groups excluding carboxylic acids is 2. The molecule has 0 aliphatic carbocycles. The minimum absolute atomic E-state index is 0.313. The van der Waals surface area contributed by atoms with Crippen molar-refractivity contribution in [3.05, 3.63) is 58.5 Å². The molecule has 5 nitrogen and oxygen atoms in total. The van der Waals surface area contributed by atoms with Gasteiger partial charge < -0.3 is 9.47 Å². The molecule has 0 saturated heterocycles. The molecule has 1 aliphatic heterocycles. The van der Waals surface area contributed by atoms with Crippen LogP contribution in [-0.4, -0.2) is 31.3 Å². The summed E-state index contributed by atoms with van der Waals surface area (Å²) < 4.78 is 11.0. The third-order valence-corrected chi connectivity index (χ3v) is 5.48. The molecule has 152 valence electrons. The second-order valence-electron chi connectivity index (χ2n) is 6.63. The van der Waals surface area contributed by atoms with Crippen LogP contribution in [0.3, 0.4) is 0 Å². The average molecular weight is 412 g/mol. The van der Waals surface area contributed by atoms with Gasteiger partial charge in [-0.25, -0.2) is 4.90 Å². The predicted octanol–water partition coefficient (Wildman–Crippen LogP) is 4.83. The number of benzene rings is 2. The quantitative estimate of drug-likeness (QED) is 0.583. The number of ether oxygens (including phenoxy) is 2. The molecule has 0 fully saturated rings. The lowest BCUT2D eigenvalue weighted by Gasteiger charge is -2.19. The average Bonchev–Trinajstić information content (AvgIpc) is 2.96. The van der Waals surface area contributed by atoms with Crippen molar-refractivity contribution in [1.29, 1.82) is 0 Å². The number of carbonyl (C=O) groups is 2. The molecule has 0 unspecified atom stereocenters. The minimum atomic E-state index is -0.336. The van der Waals surface area contributed by atoms with Gasteiger partial charge in [-0.1, -0.05) is 32.0 Å². The molecule has 3 rings (SSSR count). The molecule has 0 aromatic heterocycles. The van der Waals surface area contributed by atoms with Crippen LogP contribution in [0.4, 0.5) is 5.69 Å². The molecule has 0 atom stereocenters. The van der Waals surface area contributed by atoms with E-state index in [0.29, 0.717) is 39.8 Å². The largest absolute Gasteiger partial charge is 0.495 e. The van der Waals surface area contributed by atoms with Crippen molar-refractivity contribution >= 4 is 34.8 Å². The first-order valence-electron chi connectivity index (χ1n) is 9.65. The SMILES string of the molecule is CCCOc1ccc(C2=C(SCC)C(=O)N(c3cc(C)ccc3OC)C2=O)cc1. The number of nitrogens with zero attached hydrogens (tertiary/aromatic N) is 1. The fraction of sp³-hybridized carbons (Fsp3) is 0.304. The summed E-state index contributed by atoms with van der Waals surface area (Å²) >= 11 is 1.38. The lowest BCUT2D eigenvalue weighted by atomic mass is 10.1. The number of thioether (sulfide) groups is 1. The number of anilines is 1. The Bertz CT molecular complexity index is 950. The number of methoxy groups -OCH3 is 1. The van der Waals surface area contributed by atoms with Crippen LogP contribution in [0.1, 0.15) is 31.4 Å². The molecule has 0 N–H and O–H groups in total. The van der Waals surface area contributed by atoms with Crippen molar-refractivity contribution in [3.63, 3.8) is 0 Å². The van der Waals surface area contributed by atoms with Gasteiger partial charge in [0, 0.05) is 0 Å². The summed E-state index contributed by atoms with van der Waals surface area (Å²) in [6.07, 6.45) is 0.921. The maximum absolute atomic E-state index is 13.4. The molecule has 0 spiro atoms. The fourth-order valence-corrected chi connectivity index (χ4v) is 4.03. The molecule has 1 aliphatic rings. The highest BCUT2D eigenvalue weighted by molar-refractivity contribution is 8.04. The summed E-state index contributed by atoms with van der Waals surface area (Å²) in [7, 11) is 1.53. The number of hydrogen-bond donors (Lipinski definition) is 0. The Morgan fingerprint density at radius 2 is 1.72 bits per heavy atom. The molecule has 6 heteroatoms. The Labute approximate surface area is 175 Å². The zero-order valence-corrected chi connectivity index (χ0v) is 18.0. The number of rotatable bonds is 8. The first-order valence-corrected chi connectivity index (χ1v) is 10.6. The van der Waals surface area contributed by atoms with Gasteiger partial charge in [0.15, 0.2) is 0 Å². The van der Waals surface area contributed by atoms with E-state index in [-0.39, 0.29) is 11.8 Å². The lowest BCUT2D eigenvalue weighted by Crippen LogP contribution is -2.31. The van der Waals surface area contributed by atoms with E-state index in [1.54, 1.807) is 12.1 Å². The zero-order valence-electron chi connectivity index (χ0n) is 17.2. The number of amides is 2. The molecule has 0 radical (unpaired) electrons. The normalized spacial score (nSPS) is 14.0. The van der Waals surface area contributed by atoms with Gasteiger partial charge in [-0.05, 0) is 54.5 Å². The maximum atomic E-state index is 13.4. The van der Waals surface area contributed by atoms with Crippen molar-refractivity contribution in [1.82, 2.24) is 0 Å². The summed E-state index contributed by atoms with van der Waals surface area (Å²) in [5.74, 6) is 1.27. The number of hydrogen-bond acceptors (Lipinski definition) is 5. The Balaban J connectivity index is 2.03. The highest BCUT2D eigenvalue weighted by Gasteiger charge is 2.41. The van der Waals surface area contributed by atoms with E-state index in [2.05, 4.69) is 0 Å². The first kappa shape index (κ1) is 21.0. The minimum Gasteiger partial charge on any atom is -0.495 e. The van der Waals surface area contributed by atoms with Crippen LogP contribution in [0.25, 0.3) is 5.57 Å². The highest BCUT2D eigenvalue weighted by atomic mass is 32.2. The zero-order chi connectivity index (χ0) is 21.0. The number of imide groups is 1. The van der Waals surface area contributed by atoms with Crippen molar-refractivity contribution < 1.29 is 19.1 Å². The Morgan fingerprint density at radius 3 is 2.34 bits per heavy atom. The van der Waals surface area contributed by atoms with Crippen LogP contribution < -0.4 is 14.4 Å². The van der Waals surface area contributed by atoms with Crippen LogP contribution in [0.2, 0.25) is 0 Å². The van der Waals surface area contributed by atoms with Crippen molar-refractivity contribution in [3.8, 4) is 11.5 Å². The van der Waals surface area contributed by atoms with Gasteiger partial charge in [0.1, 0.15) is 11.5 Å². The molecule has 29 heavy (non-hydrogen) atoms. The van der Waals surface area contributed by atoms with Gasteiger partial charge in [0.2, 0.25) is 0 Å². The van der Waals surface area contributed by atoms with Crippen molar-refractivity contribution in [2.24, 2.45) is 0 Å². The summed E-state index contributed by atoms with van der Waals surface area (Å²) in [6, 6.07) is 12.8. The molecule has 0 bridgehead atoms. The third kappa shape index (κ3) is 4.17. The standard InChI is InChI=1S/C23H25NO4S/c1-5-13-28-17-10-8-16(9-11-17)20-21(29-6-2)23(26)24(22(20)25)18-14-15(3)7-12-19(18)27-4/h7-12,14H,5-6,13H2,1-4H3. The van der Waals surface area contributed by atoms with Gasteiger partial charge in [-0.2, -0.15) is 0 Å². The molecule has 1 heterocycles. The van der Waals surface area contributed by atoms with Gasteiger partial charge in [0.05, 0.1) is 29.9 Å². The second-order valence-corrected chi connectivity index (χ2v) is 7.91. The highest BCUT2D eigenvalue weighted by Crippen LogP contribution is 2.41. The Kier molecular flexibility index (Phi) is 6.64. The molecule has 0 saturated carbocycles. The maximum Gasteiger partial charge on any atom is 0.272 e. The predicted molar refractivity (Wildman–Crippen MR) is 118 cm³/mol. The van der Waals surface area contributed by atoms with Crippen LogP contribution >= 0.6 is 11.8 Å². The van der Waals surface area contributed by atoms with Crippen molar-refractivity contribution in [2.75, 3.05) is 24.4 Å². The van der Waals surface area contributed by atoms with Gasteiger partial charge in [-0.15, -0.1) is 11.8 Å². The van der Waals surface area contributed by atoms with Gasteiger partial charge >= 0.3 is 0 Å². The third-order valence-electron chi connectivity index (χ3n) is 4.52. The van der Waals surface area contributed by atoms with Gasteiger partial charge in [-0.3, -0.25) is 9.59 Å². The second kappa shape index (κ2) is 9.18. The fourth-order valence-electron chi connectivity index (χ4n) is 3.17. The summed E-state index contributed by atoms with van der Waals surface area (Å²) in [5.41, 5.74) is 2.54. The van der Waals surface area contributed by atoms with Crippen LogP contribution in [0, 0.1) is 6.92 Å². The summed E-state index contributed by atoms with van der Waals surface area (Å²) in [6.45, 7) is 6.56. The van der Waals surface area contributed by atoms with Crippen LogP contribution in [0.5, 0.6) is 11.5 Å². The van der Waals surface area contributed by atoms with Crippen molar-refractivity contribution in [2.45, 2.75) is 27.2 Å². The molecular formula is C23H25NO4S. The van der Waals surface area contributed by atoms with E-state index in [4.69, 9.17) is 9.47 Å². The monoisotopic (exact) mass is 411 g/mol. The molecule has 2 aromatic carbocycles. The van der Waals surface area contributed by atoms with E-state index >= 15 is 0 Å². The van der Waals surface area contributed by atoms with E-state index in [1.807, 2.05) is 51.1 Å². The molecule has 2 amide bonds. The summed E-state index contributed by atoms with van der Waals surface area (Å²) in [5, 5.41) is 0. The van der Waals surface area contributed by atoms with E-state index < -0.39 is 0 Å². The first-order chi connectivity index (χ1) is 14.0. The van der Waals surface area contributed by atoms with Crippen LogP contribution in [-0.2, 0) is 9.59 Å². The van der Waals surface area contributed by atoms with E-state index in [9.17, 15) is 9.59 Å². The molecular weight excluding hydrogens is 386 g/mol. The van der Waals surface area contributed by atoms with E-state index in [0.717, 1.165) is 17.7 Å². The van der Waals surface area contributed by atoms with E-state index in [1.165, 1.54) is 23.8 Å². The Hall–Kier alpha value is -2.73. The topological polar surface area (TPSA) is 55.8 Å². The Morgan fingerprint density at radius 1 is 1.00 bits per heavy atom. The smallest absolute Gasteiger partial charge is 0.272 e. The lowest BCUT2D eigenvalue weighted by molar-refractivity contribution is -0.119. The van der Waals surface area contributed by atoms with Gasteiger partial charge in [0.25, 0.3) is 11.8 Å².